The van der Waals surface area contributed by atoms with Gasteiger partial charge in [-0.1, -0.05) is 12.5 Å². The van der Waals surface area contributed by atoms with Gasteiger partial charge in [0.2, 0.25) is 5.91 Å². The number of carbonyl (C=O) groups excluding carboxylic acids is 1. The van der Waals surface area contributed by atoms with Crippen molar-refractivity contribution in [3.63, 3.8) is 0 Å². The molecule has 2 aliphatic carbocycles. The molecular weight excluding hydrogens is 379 g/mol. The monoisotopic (exact) mass is 410 g/mol. The molecule has 9 heteroatoms. The average molecular weight is 410 g/mol. The van der Waals surface area contributed by atoms with E-state index in [1.165, 1.54) is 0 Å². The number of carbonyl (C=O) groups is 1. The SMILES string of the molecule is BC1(CC#N)CCC(C(=N)c2cc3c([nH]2)C=CC(C(=O)NCCON)C3)CC(N)C1. The first-order valence-electron chi connectivity index (χ1n) is 10.6. The minimum Gasteiger partial charge on any atom is -0.354 e. The maximum atomic E-state index is 12.3. The van der Waals surface area contributed by atoms with Gasteiger partial charge in [-0.05, 0) is 48.7 Å². The molecule has 1 aromatic heterocycles. The minimum atomic E-state index is -0.244. The van der Waals surface area contributed by atoms with Gasteiger partial charge in [0.15, 0.2) is 0 Å². The Morgan fingerprint density at radius 1 is 1.53 bits per heavy atom. The van der Waals surface area contributed by atoms with Crippen LogP contribution >= 0.6 is 0 Å². The lowest BCUT2D eigenvalue weighted by atomic mass is 9.61. The van der Waals surface area contributed by atoms with Crippen molar-refractivity contribution in [1.29, 1.82) is 10.7 Å². The fourth-order valence-electron chi connectivity index (χ4n) is 4.70. The molecule has 7 N–H and O–H groups in total. The van der Waals surface area contributed by atoms with Crippen LogP contribution in [0.2, 0.25) is 5.31 Å². The summed E-state index contributed by atoms with van der Waals surface area (Å²) >= 11 is 0. The molecule has 160 valence electrons. The number of nitrogens with one attached hydrogen (secondary N) is 3. The second-order valence-electron chi connectivity index (χ2n) is 8.95. The molecule has 4 atom stereocenters. The Morgan fingerprint density at radius 2 is 2.33 bits per heavy atom. The van der Waals surface area contributed by atoms with Crippen LogP contribution in [0.1, 0.15) is 49.1 Å². The lowest BCUT2D eigenvalue weighted by Crippen LogP contribution is -2.34. The van der Waals surface area contributed by atoms with Crippen LogP contribution in [0.25, 0.3) is 6.08 Å². The Morgan fingerprint density at radius 3 is 3.07 bits per heavy atom. The van der Waals surface area contributed by atoms with E-state index in [2.05, 4.69) is 29.1 Å². The number of H-pyrrole nitrogens is 1. The summed E-state index contributed by atoms with van der Waals surface area (Å²) in [7, 11) is 2.13. The molecule has 0 saturated heterocycles. The number of rotatable bonds is 7. The van der Waals surface area contributed by atoms with Crippen LogP contribution < -0.4 is 16.9 Å². The standard InChI is InChI=1S/C21H31BN6O2/c22-21(5-6-23)4-3-13(10-16(24)12-21)19(25)18-11-15-9-14(1-2-17(15)28-18)20(29)27-7-8-30-26/h1-2,11,13-14,16,25,28H,3-5,7-10,12,22,24,26H2,(H,27,29). The first-order chi connectivity index (χ1) is 14.3. The highest BCUT2D eigenvalue weighted by Crippen LogP contribution is 2.43. The van der Waals surface area contributed by atoms with Gasteiger partial charge >= 0.3 is 0 Å². The number of nitrogens with zero attached hydrogens (tertiary/aromatic N) is 1. The Balaban J connectivity index is 1.66. The summed E-state index contributed by atoms with van der Waals surface area (Å²) in [6.45, 7) is 0.651. The topological polar surface area (TPSA) is 154 Å². The maximum absolute atomic E-state index is 12.3. The number of nitriles is 1. The van der Waals surface area contributed by atoms with Gasteiger partial charge in [0.25, 0.3) is 0 Å². The van der Waals surface area contributed by atoms with Crippen LogP contribution in [-0.4, -0.2) is 43.6 Å². The molecule has 0 radical (unpaired) electrons. The van der Waals surface area contributed by atoms with Crippen molar-refractivity contribution < 1.29 is 9.63 Å². The molecule has 0 bridgehead atoms. The van der Waals surface area contributed by atoms with Gasteiger partial charge in [0, 0.05) is 30.6 Å². The summed E-state index contributed by atoms with van der Waals surface area (Å²) in [5, 5.41) is 20.7. The van der Waals surface area contributed by atoms with Crippen LogP contribution in [-0.2, 0) is 16.1 Å². The summed E-state index contributed by atoms with van der Waals surface area (Å²) in [5.74, 6) is 4.75. The third-order valence-corrected chi connectivity index (χ3v) is 6.37. The smallest absolute Gasteiger partial charge is 0.227 e. The van der Waals surface area contributed by atoms with Crippen molar-refractivity contribution in [1.82, 2.24) is 10.3 Å². The van der Waals surface area contributed by atoms with E-state index in [0.717, 1.165) is 42.6 Å². The van der Waals surface area contributed by atoms with Crippen molar-refractivity contribution >= 4 is 25.5 Å². The number of aromatic amines is 1. The first-order valence-corrected chi connectivity index (χ1v) is 10.6. The summed E-state index contributed by atoms with van der Waals surface area (Å²) in [5.41, 5.74) is 9.71. The number of aromatic nitrogens is 1. The van der Waals surface area contributed by atoms with E-state index in [0.29, 0.717) is 25.1 Å². The highest BCUT2D eigenvalue weighted by Gasteiger charge is 2.34. The van der Waals surface area contributed by atoms with Crippen molar-refractivity contribution in [2.75, 3.05) is 13.2 Å². The second-order valence-corrected chi connectivity index (χ2v) is 8.95. The molecular formula is C21H31BN6O2. The molecule has 4 unspecified atom stereocenters. The maximum Gasteiger partial charge on any atom is 0.227 e. The van der Waals surface area contributed by atoms with E-state index in [1.54, 1.807) is 0 Å². The molecule has 8 nitrogen and oxygen atoms in total. The lowest BCUT2D eigenvalue weighted by Gasteiger charge is -2.26. The number of amides is 1. The molecule has 0 aliphatic heterocycles. The molecule has 0 aromatic carbocycles. The molecule has 2 aliphatic rings. The highest BCUT2D eigenvalue weighted by molar-refractivity contribution is 6.15. The summed E-state index contributed by atoms with van der Waals surface area (Å²) in [6.07, 6.45) is 8.24. The molecule has 1 amide bonds. The number of nitrogens with two attached hydrogens (primary N) is 2. The molecule has 1 heterocycles. The molecule has 3 rings (SSSR count). The van der Waals surface area contributed by atoms with Crippen LogP contribution in [0.15, 0.2) is 12.1 Å². The summed E-state index contributed by atoms with van der Waals surface area (Å²) in [6, 6.07) is 4.28. The summed E-state index contributed by atoms with van der Waals surface area (Å²) < 4.78 is 0. The predicted octanol–water partition coefficient (Wildman–Crippen LogP) is 0.798. The van der Waals surface area contributed by atoms with Crippen molar-refractivity contribution in [2.24, 2.45) is 23.5 Å². The van der Waals surface area contributed by atoms with Gasteiger partial charge in [-0.3, -0.25) is 4.79 Å². The Bertz CT molecular complexity index is 860. The molecule has 1 aromatic rings. The molecule has 0 spiro atoms. The number of hydrogen-bond acceptors (Lipinski definition) is 6. The zero-order valence-corrected chi connectivity index (χ0v) is 17.5. The number of fused-ring (bicyclic) bond motifs is 1. The van der Waals surface area contributed by atoms with Gasteiger partial charge < -0.3 is 26.3 Å². The van der Waals surface area contributed by atoms with Crippen LogP contribution in [0.4, 0.5) is 0 Å². The van der Waals surface area contributed by atoms with Gasteiger partial charge in [0.1, 0.15) is 7.85 Å². The van der Waals surface area contributed by atoms with Crippen LogP contribution in [0, 0.1) is 28.6 Å². The Hall–Kier alpha value is -2.41. The van der Waals surface area contributed by atoms with Gasteiger partial charge in [0.05, 0.1) is 30.0 Å². The second kappa shape index (κ2) is 9.60. The third-order valence-electron chi connectivity index (χ3n) is 6.37. The Kier molecular flexibility index (Phi) is 7.13. The van der Waals surface area contributed by atoms with Crippen LogP contribution in [0.5, 0.6) is 0 Å². The fourth-order valence-corrected chi connectivity index (χ4v) is 4.70. The van der Waals surface area contributed by atoms with E-state index in [9.17, 15) is 4.79 Å². The molecule has 1 saturated carbocycles. The van der Waals surface area contributed by atoms with Gasteiger partial charge in [-0.25, -0.2) is 5.90 Å². The Labute approximate surface area is 178 Å². The van der Waals surface area contributed by atoms with E-state index in [1.807, 2.05) is 18.2 Å². The van der Waals surface area contributed by atoms with Crippen molar-refractivity contribution in [3.8, 4) is 6.07 Å². The largest absolute Gasteiger partial charge is 0.354 e. The first kappa shape index (κ1) is 22.3. The summed E-state index contributed by atoms with van der Waals surface area (Å²) in [4.78, 5) is 20.1. The van der Waals surface area contributed by atoms with E-state index in [-0.39, 0.29) is 35.7 Å². The van der Waals surface area contributed by atoms with Crippen molar-refractivity contribution in [2.45, 2.75) is 49.9 Å². The molecule has 1 fully saturated rings. The van der Waals surface area contributed by atoms with E-state index in [4.69, 9.17) is 22.3 Å². The van der Waals surface area contributed by atoms with E-state index >= 15 is 0 Å². The predicted molar refractivity (Wildman–Crippen MR) is 118 cm³/mol. The van der Waals surface area contributed by atoms with Gasteiger partial charge in [-0.2, -0.15) is 5.26 Å². The van der Waals surface area contributed by atoms with E-state index < -0.39 is 0 Å². The fraction of sp³-hybridized carbons (Fsp3) is 0.571. The quantitative estimate of drug-likeness (QED) is 0.148. The highest BCUT2D eigenvalue weighted by atomic mass is 16.6. The normalized spacial score (nSPS) is 28.2. The number of hydrogen-bond donors (Lipinski definition) is 5. The lowest BCUT2D eigenvalue weighted by molar-refractivity contribution is -0.123. The zero-order valence-electron chi connectivity index (χ0n) is 17.5. The molecule has 30 heavy (non-hydrogen) atoms. The van der Waals surface area contributed by atoms with Crippen LogP contribution in [0.3, 0.4) is 0 Å². The van der Waals surface area contributed by atoms with Crippen molar-refractivity contribution in [3.05, 3.63) is 29.1 Å². The third kappa shape index (κ3) is 5.19. The van der Waals surface area contributed by atoms with Gasteiger partial charge in [-0.15, -0.1) is 0 Å². The average Bonchev–Trinajstić information content (AvgIpc) is 3.07. The minimum absolute atomic E-state index is 0.00809. The zero-order chi connectivity index (χ0) is 21.7.